The van der Waals surface area contributed by atoms with Crippen molar-refractivity contribution < 1.29 is 23.9 Å². The number of amides is 3. The molecule has 5 rings (SSSR count). The van der Waals surface area contributed by atoms with Crippen LogP contribution in [0, 0.1) is 0 Å². The van der Waals surface area contributed by atoms with Crippen LogP contribution in [0.4, 0.5) is 11.4 Å². The molecular formula is C27H28N4O5. The maximum absolute atomic E-state index is 13.5. The van der Waals surface area contributed by atoms with Gasteiger partial charge in [0, 0.05) is 49.6 Å². The number of nitrogens with one attached hydrogen (secondary N) is 3. The molecule has 3 aromatic carbocycles. The van der Waals surface area contributed by atoms with Crippen LogP contribution in [0.1, 0.15) is 40.5 Å². The van der Waals surface area contributed by atoms with Crippen LogP contribution in [0.5, 0.6) is 11.5 Å². The Balaban J connectivity index is 1.35. The molecule has 0 radical (unpaired) electrons. The second-order valence-corrected chi connectivity index (χ2v) is 9.13. The molecule has 0 unspecified atom stereocenters. The van der Waals surface area contributed by atoms with E-state index in [0.717, 1.165) is 10.8 Å². The molecular weight excluding hydrogens is 460 g/mol. The summed E-state index contributed by atoms with van der Waals surface area (Å²) in [5.41, 5.74) is 1.57. The Morgan fingerprint density at radius 1 is 0.972 bits per heavy atom. The largest absolute Gasteiger partial charge is 0.496 e. The van der Waals surface area contributed by atoms with Crippen molar-refractivity contribution in [3.8, 4) is 11.5 Å². The van der Waals surface area contributed by atoms with Crippen LogP contribution in [-0.2, 0) is 4.79 Å². The topological polar surface area (TPSA) is 109 Å². The molecule has 1 saturated heterocycles. The van der Waals surface area contributed by atoms with Crippen molar-refractivity contribution in [3.63, 3.8) is 0 Å². The lowest BCUT2D eigenvalue weighted by Crippen LogP contribution is -2.62. The zero-order valence-corrected chi connectivity index (χ0v) is 20.4. The zero-order valence-electron chi connectivity index (χ0n) is 20.4. The third kappa shape index (κ3) is 4.17. The van der Waals surface area contributed by atoms with Gasteiger partial charge in [0.15, 0.2) is 0 Å². The van der Waals surface area contributed by atoms with E-state index in [0.29, 0.717) is 59.9 Å². The number of hydrogen-bond donors (Lipinski definition) is 3. The Hall–Kier alpha value is -4.27. The predicted octanol–water partition coefficient (Wildman–Crippen LogP) is 3.60. The van der Waals surface area contributed by atoms with Gasteiger partial charge in [-0.15, -0.1) is 0 Å². The molecule has 9 heteroatoms. The van der Waals surface area contributed by atoms with Crippen LogP contribution in [0.15, 0.2) is 48.5 Å². The maximum Gasteiger partial charge on any atom is 0.257 e. The highest BCUT2D eigenvalue weighted by molar-refractivity contribution is 6.05. The molecule has 0 bridgehead atoms. The number of nitrogens with zero attached hydrogens (tertiary/aromatic N) is 1. The van der Waals surface area contributed by atoms with Crippen molar-refractivity contribution in [2.45, 2.75) is 25.4 Å². The third-order valence-electron chi connectivity index (χ3n) is 6.83. The Morgan fingerprint density at radius 3 is 2.42 bits per heavy atom. The minimum Gasteiger partial charge on any atom is -0.496 e. The number of carbonyl (C=O) groups excluding carboxylic acids is 3. The first kappa shape index (κ1) is 23.5. The van der Waals surface area contributed by atoms with E-state index in [1.807, 2.05) is 30.3 Å². The number of carbonyl (C=O) groups is 3. The summed E-state index contributed by atoms with van der Waals surface area (Å²) in [7, 11) is 3.16. The molecule has 0 saturated carbocycles. The van der Waals surface area contributed by atoms with Crippen LogP contribution in [0.3, 0.4) is 0 Å². The fourth-order valence-corrected chi connectivity index (χ4v) is 5.00. The smallest absolute Gasteiger partial charge is 0.257 e. The van der Waals surface area contributed by atoms with E-state index in [2.05, 4.69) is 16.0 Å². The average molecular weight is 489 g/mol. The quantitative estimate of drug-likeness (QED) is 0.518. The molecule has 2 heterocycles. The molecule has 3 N–H and O–H groups in total. The monoisotopic (exact) mass is 488 g/mol. The van der Waals surface area contributed by atoms with Crippen molar-refractivity contribution in [1.82, 2.24) is 10.2 Å². The van der Waals surface area contributed by atoms with Gasteiger partial charge in [-0.25, -0.2) is 0 Å². The van der Waals surface area contributed by atoms with Gasteiger partial charge in [0.05, 0.1) is 25.3 Å². The van der Waals surface area contributed by atoms with E-state index in [1.165, 1.54) is 6.92 Å². The second kappa shape index (κ2) is 9.07. The van der Waals surface area contributed by atoms with E-state index in [1.54, 1.807) is 37.3 Å². The molecule has 3 amide bonds. The van der Waals surface area contributed by atoms with Crippen LogP contribution in [0.25, 0.3) is 10.8 Å². The second-order valence-electron chi connectivity index (χ2n) is 9.13. The molecule has 0 aliphatic carbocycles. The van der Waals surface area contributed by atoms with Gasteiger partial charge < -0.3 is 30.3 Å². The number of likely N-dealkylation sites (tertiary alicyclic amines) is 1. The minimum atomic E-state index is -0.646. The summed E-state index contributed by atoms with van der Waals surface area (Å²) in [6, 6.07) is 14.6. The van der Waals surface area contributed by atoms with Crippen molar-refractivity contribution in [2.24, 2.45) is 0 Å². The fraction of sp³-hybridized carbons (Fsp3) is 0.296. The molecule has 1 spiro atoms. The van der Waals surface area contributed by atoms with Crippen LogP contribution in [-0.4, -0.2) is 55.6 Å². The molecule has 0 atom stereocenters. The number of fused-ring (bicyclic) bond motifs is 2. The first-order valence-electron chi connectivity index (χ1n) is 11.8. The highest BCUT2D eigenvalue weighted by Crippen LogP contribution is 2.35. The summed E-state index contributed by atoms with van der Waals surface area (Å²) in [4.78, 5) is 39.6. The van der Waals surface area contributed by atoms with E-state index in [4.69, 9.17) is 9.47 Å². The van der Waals surface area contributed by atoms with Crippen molar-refractivity contribution in [1.29, 1.82) is 0 Å². The highest BCUT2D eigenvalue weighted by Gasteiger charge is 2.41. The molecule has 9 nitrogen and oxygen atoms in total. The summed E-state index contributed by atoms with van der Waals surface area (Å²) >= 11 is 0. The predicted molar refractivity (Wildman–Crippen MR) is 137 cm³/mol. The lowest BCUT2D eigenvalue weighted by atomic mass is 9.91. The number of ether oxygens (including phenoxy) is 2. The van der Waals surface area contributed by atoms with Crippen molar-refractivity contribution >= 4 is 39.9 Å². The number of methoxy groups -OCH3 is 2. The number of piperidine rings is 1. The third-order valence-corrected chi connectivity index (χ3v) is 6.83. The lowest BCUT2D eigenvalue weighted by Gasteiger charge is -2.46. The number of rotatable bonds is 4. The Bertz CT molecular complexity index is 1380. The Morgan fingerprint density at radius 2 is 1.72 bits per heavy atom. The van der Waals surface area contributed by atoms with Gasteiger partial charge in [-0.1, -0.05) is 12.1 Å². The summed E-state index contributed by atoms with van der Waals surface area (Å²) in [5.74, 6) is 0.662. The molecule has 0 aromatic heterocycles. The molecule has 3 aromatic rings. The van der Waals surface area contributed by atoms with Crippen LogP contribution in [0.2, 0.25) is 0 Å². The molecule has 36 heavy (non-hydrogen) atoms. The van der Waals surface area contributed by atoms with Crippen LogP contribution < -0.4 is 25.4 Å². The normalized spacial score (nSPS) is 16.1. The number of hydrogen-bond acceptors (Lipinski definition) is 6. The number of benzene rings is 3. The van der Waals surface area contributed by atoms with E-state index < -0.39 is 5.66 Å². The molecule has 2 aliphatic heterocycles. The van der Waals surface area contributed by atoms with E-state index >= 15 is 0 Å². The van der Waals surface area contributed by atoms with Gasteiger partial charge in [0.25, 0.3) is 11.8 Å². The van der Waals surface area contributed by atoms with Crippen LogP contribution >= 0.6 is 0 Å². The van der Waals surface area contributed by atoms with E-state index in [9.17, 15) is 14.4 Å². The Labute approximate surface area is 208 Å². The average Bonchev–Trinajstić information content (AvgIpc) is 2.87. The lowest BCUT2D eigenvalue weighted by molar-refractivity contribution is -0.114. The van der Waals surface area contributed by atoms with E-state index in [-0.39, 0.29) is 17.7 Å². The van der Waals surface area contributed by atoms with Gasteiger partial charge in [0.2, 0.25) is 5.91 Å². The Kier molecular flexibility index (Phi) is 5.91. The van der Waals surface area contributed by atoms with Crippen molar-refractivity contribution in [2.75, 3.05) is 37.9 Å². The zero-order chi connectivity index (χ0) is 25.4. The van der Waals surface area contributed by atoms with Gasteiger partial charge in [-0.05, 0) is 41.8 Å². The van der Waals surface area contributed by atoms with Gasteiger partial charge in [-0.2, -0.15) is 0 Å². The van der Waals surface area contributed by atoms with Gasteiger partial charge >= 0.3 is 0 Å². The SMILES string of the molecule is COc1cc2cccc(OC)c2cc1C(=O)N1CCC2(CC1)NC(=O)c1cc(NC(C)=O)ccc1N2. The standard InChI is InChI=1S/C27H28N4O5/c1-16(32)28-18-7-8-22-20(14-18)25(33)30-27(29-22)9-11-31(12-10-27)26(34)21-15-19-17(13-24(21)36-3)5-4-6-23(19)35-2/h4-8,13-15,29H,9-12H2,1-3H3,(H,28,32)(H,30,33). The summed E-state index contributed by atoms with van der Waals surface area (Å²) < 4.78 is 11.0. The highest BCUT2D eigenvalue weighted by atomic mass is 16.5. The first-order valence-corrected chi connectivity index (χ1v) is 11.8. The minimum absolute atomic E-state index is 0.128. The van der Waals surface area contributed by atoms with Gasteiger partial charge in [-0.3, -0.25) is 14.4 Å². The molecule has 1 fully saturated rings. The maximum atomic E-state index is 13.5. The molecule has 2 aliphatic rings. The van der Waals surface area contributed by atoms with Crippen molar-refractivity contribution in [3.05, 3.63) is 59.7 Å². The molecule has 186 valence electrons. The number of anilines is 2. The van der Waals surface area contributed by atoms with Gasteiger partial charge in [0.1, 0.15) is 17.2 Å². The summed E-state index contributed by atoms with van der Waals surface area (Å²) in [5, 5.41) is 11.0. The summed E-state index contributed by atoms with van der Waals surface area (Å²) in [6.07, 6.45) is 1.08. The fourth-order valence-electron chi connectivity index (χ4n) is 5.00. The first-order chi connectivity index (χ1) is 17.3. The summed E-state index contributed by atoms with van der Waals surface area (Å²) in [6.45, 7) is 2.34.